The van der Waals surface area contributed by atoms with Crippen molar-refractivity contribution in [1.82, 2.24) is 4.90 Å². The highest BCUT2D eigenvalue weighted by Crippen LogP contribution is 2.61. The Balaban J connectivity index is 1.68. The Labute approximate surface area is 296 Å². The molecule has 270 valence electrons. The highest BCUT2D eigenvalue weighted by atomic mass is 16.7. The maximum absolute atomic E-state index is 13.9. The highest BCUT2D eigenvalue weighted by molar-refractivity contribution is 6.02. The summed E-state index contributed by atoms with van der Waals surface area (Å²) in [4.78, 5) is 20.9. The average molecular weight is 689 g/mol. The number of hydrogen-bond acceptors (Lipinski definition) is 9. The molecule has 0 radical (unpaired) electrons. The lowest BCUT2D eigenvalue weighted by atomic mass is 9.55. The number of unbranched alkanes of at least 4 members (excludes halogenated alkanes) is 2. The van der Waals surface area contributed by atoms with Gasteiger partial charge in [-0.2, -0.15) is 0 Å². The van der Waals surface area contributed by atoms with Gasteiger partial charge in [0.1, 0.15) is 37.9 Å². The number of aliphatic hydroxyl groups excluding tert-OH is 2. The van der Waals surface area contributed by atoms with E-state index in [0.29, 0.717) is 37.4 Å². The van der Waals surface area contributed by atoms with Gasteiger partial charge in [0.15, 0.2) is 0 Å². The Morgan fingerprint density at radius 2 is 1.78 bits per heavy atom. The van der Waals surface area contributed by atoms with Crippen LogP contribution in [0.2, 0.25) is 0 Å². The molecule has 5 rings (SSSR count). The third kappa shape index (κ3) is 7.93. The molecule has 2 aromatic rings. The number of hydrogen-bond donors (Lipinski definition) is 2. The van der Waals surface area contributed by atoms with Crippen LogP contribution in [-0.4, -0.2) is 79.3 Å². The van der Waals surface area contributed by atoms with Crippen molar-refractivity contribution >= 4 is 11.8 Å². The Bertz CT molecular complexity index is 1510. The van der Waals surface area contributed by atoms with Gasteiger partial charge in [-0.05, 0) is 66.9 Å². The zero-order valence-corrected chi connectivity index (χ0v) is 29.4. The number of fused-ring (bicyclic) bond motifs is 2. The first-order valence-corrected chi connectivity index (χ1v) is 17.7. The maximum atomic E-state index is 13.9. The van der Waals surface area contributed by atoms with Gasteiger partial charge in [-0.1, -0.05) is 73.1 Å². The summed E-state index contributed by atoms with van der Waals surface area (Å²) in [7, 11) is 3.25. The Morgan fingerprint density at radius 1 is 1.04 bits per heavy atom. The van der Waals surface area contributed by atoms with E-state index in [-0.39, 0.29) is 44.2 Å². The van der Waals surface area contributed by atoms with Gasteiger partial charge in [-0.3, -0.25) is 0 Å². The van der Waals surface area contributed by atoms with E-state index < -0.39 is 23.8 Å². The molecule has 1 saturated carbocycles. The number of amides is 1. The van der Waals surface area contributed by atoms with Gasteiger partial charge in [0, 0.05) is 38.2 Å². The van der Waals surface area contributed by atoms with Crippen LogP contribution >= 0.6 is 0 Å². The monoisotopic (exact) mass is 688 g/mol. The number of likely N-dealkylation sites (N-methyl/N-ethyl adjacent to an activating group) is 1. The molecule has 0 saturated heterocycles. The van der Waals surface area contributed by atoms with Crippen molar-refractivity contribution in [3.8, 4) is 11.5 Å². The fourth-order valence-corrected chi connectivity index (χ4v) is 8.03. The average Bonchev–Trinajstić information content (AvgIpc) is 3.14. The molecule has 50 heavy (non-hydrogen) atoms. The number of allylic oxidation sites excluding steroid dienone is 1. The molecule has 0 aromatic heterocycles. The second-order valence-electron chi connectivity index (χ2n) is 13.2. The molecule has 2 aliphatic carbocycles. The van der Waals surface area contributed by atoms with Crippen molar-refractivity contribution in [2.24, 2.45) is 22.9 Å². The maximum Gasteiger partial charge on any atom is 0.410 e. The fourth-order valence-electron chi connectivity index (χ4n) is 8.03. The van der Waals surface area contributed by atoms with E-state index in [2.05, 4.69) is 30.5 Å². The van der Waals surface area contributed by atoms with Crippen LogP contribution in [0, 0.1) is 17.8 Å². The third-order valence-corrected chi connectivity index (χ3v) is 10.2. The van der Waals surface area contributed by atoms with Gasteiger partial charge in [-0.25, -0.2) is 4.79 Å². The molecule has 3 aliphatic rings. The molecule has 1 amide bonds. The summed E-state index contributed by atoms with van der Waals surface area (Å²) in [6, 6.07) is 14.8. The minimum Gasteiger partial charge on any atom is -0.490 e. The van der Waals surface area contributed by atoms with Crippen molar-refractivity contribution in [1.29, 1.82) is 0 Å². The van der Waals surface area contributed by atoms with Crippen molar-refractivity contribution in [2.45, 2.75) is 69.3 Å². The topological polar surface area (TPSA) is 119 Å². The molecule has 1 aliphatic heterocycles. The summed E-state index contributed by atoms with van der Waals surface area (Å²) in [5, 5.41) is 24.0. The van der Waals surface area contributed by atoms with E-state index in [1.54, 1.807) is 24.1 Å². The predicted molar refractivity (Wildman–Crippen MR) is 192 cm³/mol. The summed E-state index contributed by atoms with van der Waals surface area (Å²) in [6.07, 6.45) is 10.3. The largest absolute Gasteiger partial charge is 0.490 e. The first-order valence-electron chi connectivity index (χ1n) is 17.7. The van der Waals surface area contributed by atoms with Crippen LogP contribution in [0.1, 0.15) is 62.0 Å². The van der Waals surface area contributed by atoms with E-state index in [1.165, 1.54) is 7.11 Å². The van der Waals surface area contributed by atoms with Crippen molar-refractivity contribution in [3.63, 3.8) is 0 Å². The Hall–Kier alpha value is -4.12. The molecule has 1 fully saturated rings. The molecule has 2 N–H and O–H groups in total. The fraction of sp³-hybridized carbons (Fsp3) is 0.500. The lowest BCUT2D eigenvalue weighted by Crippen LogP contribution is -2.69. The number of carbonyl (C=O) groups is 1. The van der Waals surface area contributed by atoms with Gasteiger partial charge in [0.2, 0.25) is 5.79 Å². The number of ether oxygens (including phenoxy) is 4. The lowest BCUT2D eigenvalue weighted by molar-refractivity contribution is -0.253. The number of rotatable bonds is 18. The van der Waals surface area contributed by atoms with Gasteiger partial charge >= 0.3 is 6.09 Å². The molecule has 6 atom stereocenters. The summed E-state index contributed by atoms with van der Waals surface area (Å²) < 4.78 is 25.8. The molecule has 10 nitrogen and oxygen atoms in total. The summed E-state index contributed by atoms with van der Waals surface area (Å²) >= 11 is 0. The molecule has 6 unspecified atom stereocenters. The number of oxime groups is 1. The van der Waals surface area contributed by atoms with Crippen LogP contribution in [0.25, 0.3) is 0 Å². The van der Waals surface area contributed by atoms with E-state index in [4.69, 9.17) is 23.8 Å². The molecule has 10 heteroatoms. The van der Waals surface area contributed by atoms with E-state index in [9.17, 15) is 15.0 Å². The van der Waals surface area contributed by atoms with Crippen LogP contribution in [-0.2, 0) is 20.9 Å². The summed E-state index contributed by atoms with van der Waals surface area (Å²) in [6.45, 7) is 8.68. The Kier molecular flexibility index (Phi) is 13.1. The van der Waals surface area contributed by atoms with Gasteiger partial charge in [-0.15, -0.1) is 6.58 Å². The molecule has 0 spiro atoms. The Morgan fingerprint density at radius 3 is 2.48 bits per heavy atom. The first kappa shape index (κ1) is 37.1. The first-order chi connectivity index (χ1) is 24.4. The summed E-state index contributed by atoms with van der Waals surface area (Å²) in [5.41, 5.74) is 3.57. The predicted octanol–water partition coefficient (Wildman–Crippen LogP) is 6.78. The quantitative estimate of drug-likeness (QED) is 0.1000. The third-order valence-electron chi connectivity index (χ3n) is 10.2. The number of carbonyl (C=O) groups excluding carboxylic acids is 1. The number of nitrogens with zero attached hydrogens (tertiary/aromatic N) is 2. The normalized spacial score (nSPS) is 25.7. The molecular weight excluding hydrogens is 636 g/mol. The van der Waals surface area contributed by atoms with Crippen LogP contribution in [0.5, 0.6) is 11.5 Å². The van der Waals surface area contributed by atoms with Crippen molar-refractivity contribution in [3.05, 3.63) is 96.6 Å². The van der Waals surface area contributed by atoms with Crippen LogP contribution < -0.4 is 9.47 Å². The summed E-state index contributed by atoms with van der Waals surface area (Å²) in [5.74, 6) is -0.234. The van der Waals surface area contributed by atoms with Crippen molar-refractivity contribution < 1.29 is 38.8 Å². The molecule has 1 heterocycles. The molecule has 0 bridgehead atoms. The number of aliphatic hydroxyl groups is 2. The van der Waals surface area contributed by atoms with E-state index in [1.807, 2.05) is 42.5 Å². The molecular formula is C40H52N2O8. The zero-order chi connectivity index (χ0) is 35.5. The minimum atomic E-state index is -1.33. The van der Waals surface area contributed by atoms with Crippen molar-refractivity contribution in [2.75, 3.05) is 40.6 Å². The minimum absolute atomic E-state index is 0.116. The van der Waals surface area contributed by atoms with Crippen LogP contribution in [0.15, 0.2) is 90.6 Å². The van der Waals surface area contributed by atoms with Crippen LogP contribution in [0.4, 0.5) is 4.79 Å². The lowest BCUT2D eigenvalue weighted by Gasteiger charge is -2.59. The number of benzene rings is 2. The van der Waals surface area contributed by atoms with Crippen LogP contribution in [0.3, 0.4) is 0 Å². The van der Waals surface area contributed by atoms with E-state index in [0.717, 1.165) is 48.1 Å². The smallest absolute Gasteiger partial charge is 0.410 e. The standard InChI is InChI=1S/C40H52N2O8/c1-5-22-47-30-18-19-35-33(25-30)37-31(17-11-13-21-44)29(16-10-12-20-43)24-32-34(41-46-4)26-36(40(50-35,38(32)37)49-23-6-2)42(3)39(45)48-27-28-14-8-7-9-15-28/h5-9,14-15,18-19,24-25,29,31,36-38,43-44H,1-2,10-13,16-17,20-23,26-27H2,3-4H3. The van der Waals surface area contributed by atoms with E-state index >= 15 is 0 Å². The second-order valence-corrected chi connectivity index (χ2v) is 13.2. The van der Waals surface area contributed by atoms with Gasteiger partial charge in [0.25, 0.3) is 0 Å². The zero-order valence-electron chi connectivity index (χ0n) is 29.4. The second kappa shape index (κ2) is 17.7. The molecule has 2 aromatic carbocycles. The highest BCUT2D eigenvalue weighted by Gasteiger charge is 2.65. The SMILES string of the molecule is C=CCOc1ccc2c(c1)C1C(CCCCO)C(CCCCO)C=C3C(=NOC)CC(N(C)C(=O)OCc4ccccc4)C(OCC=C)(O2)C31. The van der Waals surface area contributed by atoms with Gasteiger partial charge < -0.3 is 38.9 Å². The van der Waals surface area contributed by atoms with Gasteiger partial charge in [0.05, 0.1) is 18.2 Å².